The highest BCUT2D eigenvalue weighted by Gasteiger charge is 2.13. The lowest BCUT2D eigenvalue weighted by molar-refractivity contribution is 0.0499. The second-order valence-corrected chi connectivity index (χ2v) is 4.69. The molecular formula is C12H20N6O3. The van der Waals surface area contributed by atoms with Gasteiger partial charge in [-0.1, -0.05) is 0 Å². The van der Waals surface area contributed by atoms with Crippen LogP contribution >= 0.6 is 0 Å². The molecule has 0 saturated carbocycles. The predicted molar refractivity (Wildman–Crippen MR) is 76.8 cm³/mol. The van der Waals surface area contributed by atoms with Crippen LogP contribution in [0.25, 0.3) is 11.2 Å². The van der Waals surface area contributed by atoms with Gasteiger partial charge >= 0.3 is 0 Å². The number of hydrogen-bond donors (Lipinski definition) is 2. The number of nitrogen functional groups attached to an aromatic ring is 1. The van der Waals surface area contributed by atoms with Crippen molar-refractivity contribution in [3.63, 3.8) is 0 Å². The molecule has 0 amide bonds. The van der Waals surface area contributed by atoms with Crippen molar-refractivity contribution in [1.82, 2.24) is 24.4 Å². The molecule has 0 aliphatic heterocycles. The van der Waals surface area contributed by atoms with Crippen molar-refractivity contribution in [2.24, 2.45) is 0 Å². The summed E-state index contributed by atoms with van der Waals surface area (Å²) in [5, 5.41) is 8.72. The number of nitrogens with two attached hydrogens (primary N) is 1. The Balaban J connectivity index is 2.18. The minimum Gasteiger partial charge on any atom is -0.475 e. The molecule has 9 nitrogen and oxygen atoms in total. The Morgan fingerprint density at radius 2 is 2.14 bits per heavy atom. The van der Waals surface area contributed by atoms with Crippen LogP contribution in [0.3, 0.4) is 0 Å². The zero-order chi connectivity index (χ0) is 15.2. The van der Waals surface area contributed by atoms with Gasteiger partial charge in [-0.05, 0) is 14.1 Å². The zero-order valence-corrected chi connectivity index (χ0v) is 12.2. The lowest BCUT2D eigenvalue weighted by Gasteiger charge is -2.11. The van der Waals surface area contributed by atoms with E-state index in [-0.39, 0.29) is 25.9 Å². The molecule has 21 heavy (non-hydrogen) atoms. The van der Waals surface area contributed by atoms with Crippen molar-refractivity contribution in [2.45, 2.75) is 6.73 Å². The number of imidazole rings is 1. The van der Waals surface area contributed by atoms with Crippen LogP contribution in [0.1, 0.15) is 0 Å². The summed E-state index contributed by atoms with van der Waals surface area (Å²) in [6.45, 7) is 1.66. The van der Waals surface area contributed by atoms with E-state index >= 15 is 0 Å². The number of nitrogens with zero attached hydrogens (tertiary/aromatic N) is 5. The number of anilines is 1. The smallest absolute Gasteiger partial charge is 0.247 e. The first-order valence-corrected chi connectivity index (χ1v) is 6.56. The minimum absolute atomic E-state index is 0.0390. The third-order valence-corrected chi connectivity index (χ3v) is 2.69. The van der Waals surface area contributed by atoms with Gasteiger partial charge in [-0.2, -0.15) is 9.97 Å². The third-order valence-electron chi connectivity index (χ3n) is 2.69. The number of aliphatic hydroxyl groups is 1. The number of rotatable bonds is 8. The van der Waals surface area contributed by atoms with Gasteiger partial charge in [-0.25, -0.2) is 4.98 Å². The third kappa shape index (κ3) is 4.00. The normalized spacial score (nSPS) is 11.4. The first-order chi connectivity index (χ1) is 10.1. The molecule has 0 aliphatic carbocycles. The molecule has 0 aromatic carbocycles. The fourth-order valence-electron chi connectivity index (χ4n) is 1.68. The average Bonchev–Trinajstić information content (AvgIpc) is 2.82. The molecule has 3 N–H and O–H groups in total. The van der Waals surface area contributed by atoms with Crippen molar-refractivity contribution in [2.75, 3.05) is 46.2 Å². The minimum atomic E-state index is -0.0390. The molecule has 0 spiro atoms. The van der Waals surface area contributed by atoms with Crippen LogP contribution in [0, 0.1) is 0 Å². The quantitative estimate of drug-likeness (QED) is 0.616. The van der Waals surface area contributed by atoms with Crippen LogP contribution in [-0.2, 0) is 11.5 Å². The van der Waals surface area contributed by atoms with E-state index in [1.54, 1.807) is 10.9 Å². The molecular weight excluding hydrogens is 276 g/mol. The van der Waals surface area contributed by atoms with Crippen molar-refractivity contribution in [1.29, 1.82) is 0 Å². The Bertz CT molecular complexity index is 586. The molecule has 0 unspecified atom stereocenters. The standard InChI is InChI=1S/C12H20N6O3/c1-17(2)3-5-21-11-9-10(15-12(13)16-11)18(7-14-9)8-20-6-4-19/h7,19H,3-6,8H2,1-2H3,(H2,13,15,16). The summed E-state index contributed by atoms with van der Waals surface area (Å²) in [4.78, 5) is 14.5. The van der Waals surface area contributed by atoms with E-state index in [0.717, 1.165) is 6.54 Å². The van der Waals surface area contributed by atoms with Crippen molar-refractivity contribution in [3.05, 3.63) is 6.33 Å². The van der Waals surface area contributed by atoms with Gasteiger partial charge in [-0.15, -0.1) is 0 Å². The SMILES string of the molecule is CN(C)CCOc1nc(N)nc2c1ncn2COCCO. The van der Waals surface area contributed by atoms with Gasteiger partial charge in [0.05, 0.1) is 19.5 Å². The Morgan fingerprint density at radius 3 is 2.86 bits per heavy atom. The lowest BCUT2D eigenvalue weighted by Crippen LogP contribution is -2.20. The van der Waals surface area contributed by atoms with E-state index < -0.39 is 0 Å². The Hall–Kier alpha value is -1.97. The lowest BCUT2D eigenvalue weighted by atomic mass is 10.5. The first-order valence-electron chi connectivity index (χ1n) is 6.56. The summed E-state index contributed by atoms with van der Waals surface area (Å²) < 4.78 is 12.6. The summed E-state index contributed by atoms with van der Waals surface area (Å²) in [6, 6.07) is 0. The maximum absolute atomic E-state index is 8.72. The summed E-state index contributed by atoms with van der Waals surface area (Å²) in [6.07, 6.45) is 1.58. The number of fused-ring (bicyclic) bond motifs is 1. The van der Waals surface area contributed by atoms with Crippen LogP contribution in [0.5, 0.6) is 5.88 Å². The molecule has 2 heterocycles. The highest BCUT2D eigenvalue weighted by Crippen LogP contribution is 2.21. The van der Waals surface area contributed by atoms with Gasteiger partial charge in [0, 0.05) is 6.54 Å². The van der Waals surface area contributed by atoms with E-state index in [2.05, 4.69) is 15.0 Å². The number of hydrogen-bond acceptors (Lipinski definition) is 8. The predicted octanol–water partition coefficient (Wildman–Crippen LogP) is -0.685. The Labute approximate surface area is 122 Å². The maximum atomic E-state index is 8.72. The van der Waals surface area contributed by atoms with Crippen LogP contribution < -0.4 is 10.5 Å². The summed E-state index contributed by atoms with van der Waals surface area (Å²) >= 11 is 0. The Morgan fingerprint density at radius 1 is 1.33 bits per heavy atom. The van der Waals surface area contributed by atoms with E-state index in [4.69, 9.17) is 20.3 Å². The second kappa shape index (κ2) is 7.16. The summed E-state index contributed by atoms with van der Waals surface area (Å²) in [5.41, 5.74) is 6.78. The number of ether oxygens (including phenoxy) is 2. The van der Waals surface area contributed by atoms with Crippen LogP contribution in [0.4, 0.5) is 5.95 Å². The molecule has 0 radical (unpaired) electrons. The van der Waals surface area contributed by atoms with Crippen molar-refractivity contribution in [3.8, 4) is 5.88 Å². The summed E-state index contributed by atoms with van der Waals surface area (Å²) in [7, 11) is 3.92. The molecule has 116 valence electrons. The molecule has 0 bridgehead atoms. The molecule has 0 aliphatic rings. The van der Waals surface area contributed by atoms with Gasteiger partial charge < -0.3 is 25.2 Å². The molecule has 2 aromatic rings. The highest BCUT2D eigenvalue weighted by molar-refractivity contribution is 5.77. The summed E-state index contributed by atoms with van der Waals surface area (Å²) in [5.74, 6) is 0.478. The van der Waals surface area contributed by atoms with E-state index in [9.17, 15) is 0 Å². The largest absolute Gasteiger partial charge is 0.475 e. The van der Waals surface area contributed by atoms with E-state index in [1.807, 2.05) is 19.0 Å². The van der Waals surface area contributed by atoms with Crippen molar-refractivity contribution < 1.29 is 14.6 Å². The highest BCUT2D eigenvalue weighted by atomic mass is 16.5. The van der Waals surface area contributed by atoms with Crippen LogP contribution in [0.2, 0.25) is 0 Å². The van der Waals surface area contributed by atoms with Crippen molar-refractivity contribution >= 4 is 17.1 Å². The van der Waals surface area contributed by atoms with Gasteiger partial charge in [-0.3, -0.25) is 4.57 Å². The molecule has 9 heteroatoms. The number of aliphatic hydroxyl groups excluding tert-OH is 1. The fourth-order valence-corrected chi connectivity index (χ4v) is 1.68. The maximum Gasteiger partial charge on any atom is 0.247 e. The fraction of sp³-hybridized carbons (Fsp3) is 0.583. The van der Waals surface area contributed by atoms with Crippen LogP contribution in [0.15, 0.2) is 6.33 Å². The molecule has 2 aromatic heterocycles. The van der Waals surface area contributed by atoms with Gasteiger partial charge in [0.25, 0.3) is 0 Å². The van der Waals surface area contributed by atoms with E-state index in [0.29, 0.717) is 23.7 Å². The molecule has 0 saturated heterocycles. The molecule has 0 atom stereocenters. The number of likely N-dealkylation sites (N-methyl/N-ethyl adjacent to an activating group) is 1. The molecule has 0 fully saturated rings. The topological polar surface area (TPSA) is 112 Å². The Kier molecular flexibility index (Phi) is 5.26. The molecule has 2 rings (SSSR count). The number of aromatic nitrogens is 4. The van der Waals surface area contributed by atoms with Crippen LogP contribution in [-0.4, -0.2) is 70.0 Å². The average molecular weight is 296 g/mol. The van der Waals surface area contributed by atoms with E-state index in [1.165, 1.54) is 0 Å². The second-order valence-electron chi connectivity index (χ2n) is 4.69. The van der Waals surface area contributed by atoms with Gasteiger partial charge in [0.1, 0.15) is 13.3 Å². The van der Waals surface area contributed by atoms with Gasteiger partial charge in [0.2, 0.25) is 11.8 Å². The first kappa shape index (κ1) is 15.4. The van der Waals surface area contributed by atoms with Gasteiger partial charge in [0.15, 0.2) is 11.2 Å². The zero-order valence-electron chi connectivity index (χ0n) is 12.2. The monoisotopic (exact) mass is 296 g/mol.